The number of rotatable bonds is 11. The maximum absolute atomic E-state index is 5.49. The second-order valence-corrected chi connectivity index (χ2v) is 6.36. The van der Waals surface area contributed by atoms with Crippen molar-refractivity contribution in [3.63, 3.8) is 0 Å². The smallest absolute Gasteiger partial charge is 0.141 e. The third-order valence-corrected chi connectivity index (χ3v) is 4.49. The van der Waals surface area contributed by atoms with Crippen LogP contribution in [0.3, 0.4) is 0 Å². The third-order valence-electron chi connectivity index (χ3n) is 4.49. The summed E-state index contributed by atoms with van der Waals surface area (Å²) in [6.45, 7) is 2.27. The van der Waals surface area contributed by atoms with Crippen molar-refractivity contribution >= 4 is 5.69 Å². The Morgan fingerprint density at radius 2 is 1.50 bits per heavy atom. The molecule has 0 heterocycles. The van der Waals surface area contributed by atoms with E-state index in [0.717, 1.165) is 17.9 Å². The SMILES string of the molecule is CCCCCCCC[C@H](Nc1ccccc1OC)c1ccccc1. The van der Waals surface area contributed by atoms with E-state index in [2.05, 4.69) is 54.7 Å². The summed E-state index contributed by atoms with van der Waals surface area (Å²) < 4.78 is 5.49. The molecule has 24 heavy (non-hydrogen) atoms. The van der Waals surface area contributed by atoms with E-state index in [4.69, 9.17) is 4.74 Å². The van der Waals surface area contributed by atoms with E-state index in [1.165, 1.54) is 44.1 Å². The van der Waals surface area contributed by atoms with Gasteiger partial charge in [0.1, 0.15) is 5.75 Å². The first-order valence-electron chi connectivity index (χ1n) is 9.29. The van der Waals surface area contributed by atoms with Crippen LogP contribution in [-0.4, -0.2) is 7.11 Å². The zero-order valence-corrected chi connectivity index (χ0v) is 15.1. The number of unbranched alkanes of at least 4 members (excludes halogenated alkanes) is 5. The fourth-order valence-electron chi connectivity index (χ4n) is 3.09. The van der Waals surface area contributed by atoms with Gasteiger partial charge in [-0.15, -0.1) is 0 Å². The number of ether oxygens (including phenoxy) is 1. The fraction of sp³-hybridized carbons (Fsp3) is 0.455. The molecule has 0 aromatic heterocycles. The molecule has 2 heteroatoms. The first-order chi connectivity index (χ1) is 11.8. The molecule has 0 saturated heterocycles. The fourth-order valence-corrected chi connectivity index (χ4v) is 3.09. The number of benzene rings is 2. The van der Waals surface area contributed by atoms with E-state index in [0.29, 0.717) is 6.04 Å². The molecule has 2 rings (SSSR count). The van der Waals surface area contributed by atoms with Crippen molar-refractivity contribution in [3.05, 3.63) is 60.2 Å². The number of para-hydroxylation sites is 2. The molecule has 0 saturated carbocycles. The number of anilines is 1. The van der Waals surface area contributed by atoms with E-state index in [1.54, 1.807) is 7.11 Å². The molecule has 2 aromatic carbocycles. The molecule has 0 radical (unpaired) electrons. The standard InChI is InChI=1S/C22H31NO/c1-3-4-5-6-7-11-16-20(19-14-9-8-10-15-19)23-21-17-12-13-18-22(21)24-2/h8-10,12-15,17-18,20,23H,3-7,11,16H2,1-2H3/t20-/m0/s1. The highest BCUT2D eigenvalue weighted by Crippen LogP contribution is 2.30. The zero-order valence-electron chi connectivity index (χ0n) is 15.1. The molecule has 2 nitrogen and oxygen atoms in total. The molecule has 0 bridgehead atoms. The van der Waals surface area contributed by atoms with Crippen molar-refractivity contribution in [2.24, 2.45) is 0 Å². The summed E-state index contributed by atoms with van der Waals surface area (Å²) in [6.07, 6.45) is 9.11. The number of methoxy groups -OCH3 is 1. The lowest BCUT2D eigenvalue weighted by Crippen LogP contribution is -2.11. The zero-order chi connectivity index (χ0) is 17.0. The van der Waals surface area contributed by atoms with E-state index in [1.807, 2.05) is 12.1 Å². The highest BCUT2D eigenvalue weighted by Gasteiger charge is 2.13. The van der Waals surface area contributed by atoms with Crippen LogP contribution in [0.2, 0.25) is 0 Å². The topological polar surface area (TPSA) is 21.3 Å². The molecule has 0 unspecified atom stereocenters. The summed E-state index contributed by atoms with van der Waals surface area (Å²) >= 11 is 0. The summed E-state index contributed by atoms with van der Waals surface area (Å²) in [4.78, 5) is 0. The number of hydrogen-bond donors (Lipinski definition) is 1. The van der Waals surface area contributed by atoms with Crippen molar-refractivity contribution in [2.75, 3.05) is 12.4 Å². The van der Waals surface area contributed by atoms with Crippen LogP contribution < -0.4 is 10.1 Å². The summed E-state index contributed by atoms with van der Waals surface area (Å²) in [6, 6.07) is 19.2. The van der Waals surface area contributed by atoms with Crippen LogP contribution in [0.25, 0.3) is 0 Å². The Labute approximate surface area is 147 Å². The Morgan fingerprint density at radius 1 is 0.833 bits per heavy atom. The minimum absolute atomic E-state index is 0.327. The van der Waals surface area contributed by atoms with E-state index < -0.39 is 0 Å². The van der Waals surface area contributed by atoms with Crippen LogP contribution in [0.5, 0.6) is 5.75 Å². The van der Waals surface area contributed by atoms with Gasteiger partial charge in [-0.1, -0.05) is 87.9 Å². The minimum atomic E-state index is 0.327. The molecule has 0 aliphatic carbocycles. The Balaban J connectivity index is 1.98. The molecule has 2 aromatic rings. The average molecular weight is 325 g/mol. The van der Waals surface area contributed by atoms with E-state index in [-0.39, 0.29) is 0 Å². The van der Waals surface area contributed by atoms with Crippen LogP contribution in [0.1, 0.15) is 63.5 Å². The van der Waals surface area contributed by atoms with Crippen molar-refractivity contribution in [1.29, 1.82) is 0 Å². The van der Waals surface area contributed by atoms with Gasteiger partial charge >= 0.3 is 0 Å². The largest absolute Gasteiger partial charge is 0.495 e. The van der Waals surface area contributed by atoms with Crippen LogP contribution in [0, 0.1) is 0 Å². The maximum Gasteiger partial charge on any atom is 0.141 e. The highest BCUT2D eigenvalue weighted by molar-refractivity contribution is 5.57. The van der Waals surface area contributed by atoms with Gasteiger partial charge in [0.05, 0.1) is 18.8 Å². The van der Waals surface area contributed by atoms with Gasteiger partial charge in [-0.2, -0.15) is 0 Å². The summed E-state index contributed by atoms with van der Waals surface area (Å²) in [5.74, 6) is 0.904. The molecular formula is C22H31NO. The first-order valence-corrected chi connectivity index (χ1v) is 9.29. The van der Waals surface area contributed by atoms with Crippen LogP contribution >= 0.6 is 0 Å². The molecule has 0 amide bonds. The monoisotopic (exact) mass is 325 g/mol. The molecule has 0 aliphatic heterocycles. The Morgan fingerprint density at radius 3 is 2.25 bits per heavy atom. The second-order valence-electron chi connectivity index (χ2n) is 6.36. The summed E-state index contributed by atoms with van der Waals surface area (Å²) in [7, 11) is 1.73. The Kier molecular flexibility index (Phi) is 8.23. The predicted octanol–water partition coefficient (Wildman–Crippen LogP) is 6.60. The van der Waals surface area contributed by atoms with Crippen molar-refractivity contribution in [1.82, 2.24) is 0 Å². The van der Waals surface area contributed by atoms with Gasteiger partial charge in [0.2, 0.25) is 0 Å². The van der Waals surface area contributed by atoms with Crippen molar-refractivity contribution < 1.29 is 4.74 Å². The Bertz CT molecular complexity index is 567. The number of hydrogen-bond acceptors (Lipinski definition) is 2. The molecule has 0 aliphatic rings. The van der Waals surface area contributed by atoms with Crippen LogP contribution in [0.15, 0.2) is 54.6 Å². The molecule has 0 spiro atoms. The lowest BCUT2D eigenvalue weighted by atomic mass is 9.99. The lowest BCUT2D eigenvalue weighted by Gasteiger charge is -2.22. The second kappa shape index (κ2) is 10.7. The van der Waals surface area contributed by atoms with Crippen LogP contribution in [0.4, 0.5) is 5.69 Å². The number of nitrogens with one attached hydrogen (secondary N) is 1. The molecule has 1 atom stereocenters. The molecule has 130 valence electrons. The predicted molar refractivity (Wildman–Crippen MR) is 104 cm³/mol. The lowest BCUT2D eigenvalue weighted by molar-refractivity contribution is 0.415. The first kappa shape index (κ1) is 18.4. The quantitative estimate of drug-likeness (QED) is 0.470. The van der Waals surface area contributed by atoms with Crippen molar-refractivity contribution in [2.45, 2.75) is 57.9 Å². The van der Waals surface area contributed by atoms with Gasteiger partial charge in [0, 0.05) is 0 Å². The maximum atomic E-state index is 5.49. The van der Waals surface area contributed by atoms with Crippen LogP contribution in [-0.2, 0) is 0 Å². The van der Waals surface area contributed by atoms with Gasteiger partial charge in [-0.05, 0) is 24.1 Å². The van der Waals surface area contributed by atoms with Gasteiger partial charge in [-0.25, -0.2) is 0 Å². The highest BCUT2D eigenvalue weighted by atomic mass is 16.5. The van der Waals surface area contributed by atoms with E-state index >= 15 is 0 Å². The van der Waals surface area contributed by atoms with E-state index in [9.17, 15) is 0 Å². The third kappa shape index (κ3) is 5.92. The van der Waals surface area contributed by atoms with Crippen molar-refractivity contribution in [3.8, 4) is 5.75 Å². The minimum Gasteiger partial charge on any atom is -0.495 e. The van der Waals surface area contributed by atoms with Gasteiger partial charge in [0.25, 0.3) is 0 Å². The molecule has 0 fully saturated rings. The van der Waals surface area contributed by atoms with Gasteiger partial charge in [0.15, 0.2) is 0 Å². The van der Waals surface area contributed by atoms with Gasteiger partial charge in [-0.3, -0.25) is 0 Å². The summed E-state index contributed by atoms with van der Waals surface area (Å²) in [5, 5.41) is 3.69. The Hall–Kier alpha value is -1.96. The summed E-state index contributed by atoms with van der Waals surface area (Å²) in [5.41, 5.74) is 2.41. The van der Waals surface area contributed by atoms with Gasteiger partial charge < -0.3 is 10.1 Å². The molecular weight excluding hydrogens is 294 g/mol. The normalized spacial score (nSPS) is 11.9. The average Bonchev–Trinajstić information content (AvgIpc) is 2.64. The molecule has 1 N–H and O–H groups in total.